The number of ether oxygens (including phenoxy) is 6. The van der Waals surface area contributed by atoms with Crippen molar-refractivity contribution in [3.05, 3.63) is 7.11 Å². The minimum absolute atomic E-state index is 0.134. The maximum absolute atomic E-state index is 6.29. The van der Waals surface area contributed by atoms with Crippen LogP contribution >= 0.6 is 0 Å². The lowest BCUT2D eigenvalue weighted by molar-refractivity contribution is -0.270. The van der Waals surface area contributed by atoms with Crippen molar-refractivity contribution < 1.29 is 28.4 Å². The van der Waals surface area contributed by atoms with Crippen molar-refractivity contribution in [2.24, 2.45) is 0 Å². The van der Waals surface area contributed by atoms with Crippen molar-refractivity contribution in [1.82, 2.24) is 0 Å². The summed E-state index contributed by atoms with van der Waals surface area (Å²) in [4.78, 5) is 0. The van der Waals surface area contributed by atoms with Gasteiger partial charge in [0.25, 0.3) is 0 Å². The Labute approximate surface area is 126 Å². The molecule has 3 saturated heterocycles. The zero-order chi connectivity index (χ0) is 15.7. The van der Waals surface area contributed by atoms with Crippen molar-refractivity contribution in [3.63, 3.8) is 0 Å². The van der Waals surface area contributed by atoms with E-state index in [-0.39, 0.29) is 12.9 Å². The summed E-state index contributed by atoms with van der Waals surface area (Å²) in [6.45, 7) is 11.7. The molecule has 3 aliphatic heterocycles. The molecule has 5 atom stereocenters. The first-order valence-electron chi connectivity index (χ1n) is 7.21. The van der Waals surface area contributed by atoms with Gasteiger partial charge in [0.05, 0.1) is 6.61 Å². The Hall–Kier alpha value is -0.240. The summed E-state index contributed by atoms with van der Waals surface area (Å²) in [7, 11) is 5.67. The van der Waals surface area contributed by atoms with Gasteiger partial charge in [-0.3, -0.25) is 0 Å². The van der Waals surface area contributed by atoms with Gasteiger partial charge in [-0.1, -0.05) is 0 Å². The van der Waals surface area contributed by atoms with E-state index in [1.165, 1.54) is 0 Å². The minimum Gasteiger partial charge on any atom is -0.360 e. The van der Waals surface area contributed by atoms with Crippen LogP contribution in [0.2, 0.25) is 0 Å². The average Bonchev–Trinajstić information content (AvgIpc) is 2.93. The Balaban J connectivity index is 2.03. The van der Waals surface area contributed by atoms with Gasteiger partial charge in [0.2, 0.25) is 5.79 Å². The Bertz CT molecular complexity index is 453. The molecule has 3 rings (SSSR count). The van der Waals surface area contributed by atoms with E-state index in [4.69, 9.17) is 35.5 Å². The first kappa shape index (κ1) is 15.6. The molecule has 0 spiro atoms. The predicted molar refractivity (Wildman–Crippen MR) is 72.0 cm³/mol. The molecule has 0 aliphatic carbocycles. The third-order valence-corrected chi connectivity index (χ3v) is 5.67. The molecular formula is C15H24O6. The molecule has 0 aromatic rings. The predicted octanol–water partition coefficient (Wildman–Crippen LogP) is 1.85. The second-order valence-corrected chi connectivity index (χ2v) is 7.06. The highest BCUT2D eigenvalue weighted by molar-refractivity contribution is 5.24. The van der Waals surface area contributed by atoms with E-state index in [9.17, 15) is 0 Å². The summed E-state index contributed by atoms with van der Waals surface area (Å²) in [6.07, 6.45) is -0.354. The molecule has 0 saturated carbocycles. The molecular weight excluding hydrogens is 276 g/mol. The van der Waals surface area contributed by atoms with Crippen LogP contribution in [0, 0.1) is 7.11 Å². The Kier molecular flexibility index (Phi) is 3.12. The molecule has 0 aromatic heterocycles. The van der Waals surface area contributed by atoms with Crippen LogP contribution < -0.4 is 0 Å². The average molecular weight is 300 g/mol. The van der Waals surface area contributed by atoms with Crippen LogP contribution in [0.3, 0.4) is 0 Å². The van der Waals surface area contributed by atoms with Gasteiger partial charge in [-0.05, 0) is 41.5 Å². The molecule has 0 amide bonds. The van der Waals surface area contributed by atoms with E-state index < -0.39 is 28.4 Å². The topological polar surface area (TPSA) is 55.4 Å². The van der Waals surface area contributed by atoms with Gasteiger partial charge in [0.15, 0.2) is 18.2 Å². The van der Waals surface area contributed by atoms with E-state index in [0.29, 0.717) is 6.61 Å². The lowest BCUT2D eigenvalue weighted by Crippen LogP contribution is -2.65. The largest absolute Gasteiger partial charge is 0.360 e. The monoisotopic (exact) mass is 300 g/mol. The van der Waals surface area contributed by atoms with E-state index in [0.717, 1.165) is 0 Å². The summed E-state index contributed by atoms with van der Waals surface area (Å²) in [6, 6.07) is 0. The number of hydrogen-bond acceptors (Lipinski definition) is 6. The maximum Gasteiger partial charge on any atom is 0.200 e. The second-order valence-electron chi connectivity index (χ2n) is 7.06. The van der Waals surface area contributed by atoms with Crippen molar-refractivity contribution >= 4 is 0 Å². The highest BCUT2D eigenvalue weighted by Crippen LogP contribution is 2.60. The molecule has 3 aliphatic rings. The van der Waals surface area contributed by atoms with E-state index in [1.54, 1.807) is 0 Å². The first-order valence-corrected chi connectivity index (χ1v) is 7.21. The van der Waals surface area contributed by atoms with Crippen LogP contribution in [0.25, 0.3) is 0 Å². The lowest BCUT2D eigenvalue weighted by Gasteiger charge is -2.46. The van der Waals surface area contributed by atoms with Gasteiger partial charge in [0.1, 0.15) is 24.4 Å². The van der Waals surface area contributed by atoms with Gasteiger partial charge < -0.3 is 28.4 Å². The number of rotatable bonds is 2. The molecule has 2 radical (unpaired) electrons. The lowest BCUT2D eigenvalue weighted by atomic mass is 9.71. The molecule has 3 heterocycles. The molecule has 0 bridgehead atoms. The molecule has 3 fully saturated rings. The Morgan fingerprint density at radius 2 is 1.67 bits per heavy atom. The van der Waals surface area contributed by atoms with Crippen molar-refractivity contribution in [3.8, 4) is 0 Å². The summed E-state index contributed by atoms with van der Waals surface area (Å²) >= 11 is 0. The molecule has 6 heteroatoms. The standard InChI is InChI=1S/C15H24O6/c1-11(2)17-8-10(20-11)12(3)13(4,16-7)14(5)15(6,21-12)19-9-18-14/h7,10H,8-9H2,1-6H3. The fourth-order valence-electron chi connectivity index (χ4n) is 3.76. The van der Waals surface area contributed by atoms with Crippen LogP contribution in [0.1, 0.15) is 41.5 Å². The molecule has 0 aromatic carbocycles. The van der Waals surface area contributed by atoms with Crippen LogP contribution in [0.4, 0.5) is 0 Å². The highest BCUT2D eigenvalue weighted by atomic mass is 16.9. The van der Waals surface area contributed by atoms with Crippen molar-refractivity contribution in [2.75, 3.05) is 13.4 Å². The van der Waals surface area contributed by atoms with Gasteiger partial charge in [0, 0.05) is 0 Å². The van der Waals surface area contributed by atoms with Crippen LogP contribution in [0.5, 0.6) is 0 Å². The Morgan fingerprint density at radius 3 is 2.19 bits per heavy atom. The van der Waals surface area contributed by atoms with Crippen molar-refractivity contribution in [1.29, 1.82) is 0 Å². The van der Waals surface area contributed by atoms with E-state index in [1.807, 2.05) is 41.5 Å². The Morgan fingerprint density at radius 1 is 1.00 bits per heavy atom. The minimum atomic E-state index is -0.973. The molecule has 6 nitrogen and oxygen atoms in total. The van der Waals surface area contributed by atoms with Crippen LogP contribution in [0.15, 0.2) is 0 Å². The zero-order valence-corrected chi connectivity index (χ0v) is 13.5. The zero-order valence-electron chi connectivity index (χ0n) is 13.5. The summed E-state index contributed by atoms with van der Waals surface area (Å²) < 4.78 is 34.9. The number of fused-ring (bicyclic) bond motifs is 1. The van der Waals surface area contributed by atoms with Gasteiger partial charge in [-0.2, -0.15) is 0 Å². The van der Waals surface area contributed by atoms with E-state index >= 15 is 0 Å². The third-order valence-electron chi connectivity index (χ3n) is 5.67. The summed E-state index contributed by atoms with van der Waals surface area (Å²) in [5.41, 5.74) is -2.72. The SMILES string of the molecule is [CH]OC1(C)C(C)(C2COC(C)(C)O2)OC2(C)OCOC21C. The van der Waals surface area contributed by atoms with Crippen LogP contribution in [-0.4, -0.2) is 47.9 Å². The maximum atomic E-state index is 6.29. The first-order chi connectivity index (χ1) is 9.54. The fourth-order valence-corrected chi connectivity index (χ4v) is 3.76. The van der Waals surface area contributed by atoms with Crippen LogP contribution in [-0.2, 0) is 28.4 Å². The quantitative estimate of drug-likeness (QED) is 0.776. The smallest absolute Gasteiger partial charge is 0.200 e. The normalized spacial score (nSPS) is 55.9. The molecule has 5 unspecified atom stereocenters. The van der Waals surface area contributed by atoms with E-state index in [2.05, 4.69) is 0 Å². The fraction of sp³-hybridized carbons (Fsp3) is 0.933. The van der Waals surface area contributed by atoms with Gasteiger partial charge >= 0.3 is 0 Å². The summed E-state index contributed by atoms with van der Waals surface area (Å²) in [5, 5.41) is 0. The second kappa shape index (κ2) is 4.19. The molecule has 0 N–H and O–H groups in total. The highest BCUT2D eigenvalue weighted by Gasteiger charge is 2.79. The summed E-state index contributed by atoms with van der Waals surface area (Å²) in [5.74, 6) is -1.64. The van der Waals surface area contributed by atoms with Gasteiger partial charge in [-0.25, -0.2) is 0 Å². The third kappa shape index (κ3) is 1.69. The van der Waals surface area contributed by atoms with Gasteiger partial charge in [-0.15, -0.1) is 0 Å². The van der Waals surface area contributed by atoms with Crippen molar-refractivity contribution in [2.45, 2.75) is 76.0 Å². The number of hydrogen-bond donors (Lipinski definition) is 0. The molecule has 21 heavy (non-hydrogen) atoms. The molecule has 120 valence electrons.